The average Bonchev–Trinajstić information content (AvgIpc) is 2.28. The molecule has 3 nitrogen and oxygen atoms in total. The molecule has 0 fully saturated rings. The number of benzene rings is 1. The lowest BCUT2D eigenvalue weighted by Gasteiger charge is -2.09. The summed E-state index contributed by atoms with van der Waals surface area (Å²) in [6.07, 6.45) is 3.47. The highest BCUT2D eigenvalue weighted by atomic mass is 16.5. The van der Waals surface area contributed by atoms with Crippen LogP contribution in [0.15, 0.2) is 30.6 Å². The van der Waals surface area contributed by atoms with E-state index < -0.39 is 0 Å². The molecule has 0 spiro atoms. The van der Waals surface area contributed by atoms with Crippen LogP contribution in [0.4, 0.5) is 0 Å². The monoisotopic (exact) mass is 228 g/mol. The van der Waals surface area contributed by atoms with Crippen molar-refractivity contribution < 1.29 is 4.74 Å². The highest BCUT2D eigenvalue weighted by Gasteiger charge is 2.01. The minimum absolute atomic E-state index is 0.457. The van der Waals surface area contributed by atoms with Gasteiger partial charge in [-0.1, -0.05) is 17.7 Å². The van der Waals surface area contributed by atoms with Gasteiger partial charge in [0.05, 0.1) is 17.6 Å². The van der Waals surface area contributed by atoms with Crippen molar-refractivity contribution in [3.63, 3.8) is 0 Å². The molecule has 0 aliphatic carbocycles. The third-order valence-electron chi connectivity index (χ3n) is 2.51. The standard InChI is InChI=1S/C14H16N2O/c1-10-4-5-14(11(2)6-10)17-9-13-8-15-7-12(3)16-13/h4-8H,9H2,1-3H3. The summed E-state index contributed by atoms with van der Waals surface area (Å²) < 4.78 is 5.73. The summed E-state index contributed by atoms with van der Waals surface area (Å²) in [4.78, 5) is 8.44. The maximum Gasteiger partial charge on any atom is 0.132 e. The van der Waals surface area contributed by atoms with Crippen molar-refractivity contribution in [3.8, 4) is 5.75 Å². The number of nitrogens with zero attached hydrogens (tertiary/aromatic N) is 2. The molecule has 3 heteroatoms. The summed E-state index contributed by atoms with van der Waals surface area (Å²) in [7, 11) is 0. The molecule has 2 aromatic rings. The molecule has 1 heterocycles. The van der Waals surface area contributed by atoms with Crippen molar-refractivity contribution in [1.82, 2.24) is 9.97 Å². The Kier molecular flexibility index (Phi) is 3.38. The van der Waals surface area contributed by atoms with E-state index in [1.165, 1.54) is 5.56 Å². The summed E-state index contributed by atoms with van der Waals surface area (Å²) >= 11 is 0. The second-order valence-electron chi connectivity index (χ2n) is 4.21. The van der Waals surface area contributed by atoms with Gasteiger partial charge < -0.3 is 4.74 Å². The SMILES string of the molecule is Cc1ccc(OCc2cncc(C)n2)c(C)c1. The minimum Gasteiger partial charge on any atom is -0.487 e. The Hall–Kier alpha value is -1.90. The molecule has 1 aromatic carbocycles. The Balaban J connectivity index is 2.07. The second kappa shape index (κ2) is 4.95. The highest BCUT2D eigenvalue weighted by molar-refractivity contribution is 5.35. The van der Waals surface area contributed by atoms with Gasteiger partial charge in [0.15, 0.2) is 0 Å². The molecule has 0 saturated heterocycles. The van der Waals surface area contributed by atoms with Crippen molar-refractivity contribution in [2.24, 2.45) is 0 Å². The third-order valence-corrected chi connectivity index (χ3v) is 2.51. The van der Waals surface area contributed by atoms with Gasteiger partial charge in [0, 0.05) is 6.20 Å². The van der Waals surface area contributed by atoms with Crippen LogP contribution in [0.3, 0.4) is 0 Å². The number of hydrogen-bond donors (Lipinski definition) is 0. The number of aryl methyl sites for hydroxylation is 3. The topological polar surface area (TPSA) is 35.0 Å². The largest absolute Gasteiger partial charge is 0.487 e. The molecule has 88 valence electrons. The van der Waals surface area contributed by atoms with E-state index in [0.29, 0.717) is 6.61 Å². The number of hydrogen-bond acceptors (Lipinski definition) is 3. The molecule has 0 unspecified atom stereocenters. The van der Waals surface area contributed by atoms with Gasteiger partial charge in [-0.05, 0) is 32.4 Å². The molecular formula is C14H16N2O. The van der Waals surface area contributed by atoms with Gasteiger partial charge >= 0.3 is 0 Å². The van der Waals surface area contributed by atoms with Crippen molar-refractivity contribution >= 4 is 0 Å². The molecule has 2 rings (SSSR count). The van der Waals surface area contributed by atoms with Crippen LogP contribution in [0.2, 0.25) is 0 Å². The molecule has 0 saturated carbocycles. The quantitative estimate of drug-likeness (QED) is 0.810. The first kappa shape index (κ1) is 11.6. The zero-order valence-corrected chi connectivity index (χ0v) is 10.4. The molecule has 0 aliphatic heterocycles. The molecule has 0 atom stereocenters. The second-order valence-corrected chi connectivity index (χ2v) is 4.21. The Labute approximate surface area is 102 Å². The van der Waals surface area contributed by atoms with E-state index in [1.807, 2.05) is 26.0 Å². The van der Waals surface area contributed by atoms with Gasteiger partial charge in [0.2, 0.25) is 0 Å². The molecule has 0 N–H and O–H groups in total. The molecule has 0 amide bonds. The van der Waals surface area contributed by atoms with Crippen molar-refractivity contribution in [1.29, 1.82) is 0 Å². The van der Waals surface area contributed by atoms with Crippen LogP contribution in [0.1, 0.15) is 22.5 Å². The van der Waals surface area contributed by atoms with E-state index >= 15 is 0 Å². The van der Waals surface area contributed by atoms with Crippen molar-refractivity contribution in [3.05, 3.63) is 53.1 Å². The zero-order valence-electron chi connectivity index (χ0n) is 10.4. The van der Waals surface area contributed by atoms with E-state index in [0.717, 1.165) is 22.7 Å². The summed E-state index contributed by atoms with van der Waals surface area (Å²) in [5.74, 6) is 0.902. The summed E-state index contributed by atoms with van der Waals surface area (Å²) in [5, 5.41) is 0. The van der Waals surface area contributed by atoms with Crippen LogP contribution < -0.4 is 4.74 Å². The summed E-state index contributed by atoms with van der Waals surface area (Å²) in [6.45, 7) is 6.50. The predicted octanol–water partition coefficient (Wildman–Crippen LogP) is 2.98. The van der Waals surface area contributed by atoms with E-state index in [2.05, 4.69) is 23.0 Å². The zero-order chi connectivity index (χ0) is 12.3. The third kappa shape index (κ3) is 3.03. The highest BCUT2D eigenvalue weighted by Crippen LogP contribution is 2.19. The number of aromatic nitrogens is 2. The van der Waals surface area contributed by atoms with Gasteiger partial charge in [0.25, 0.3) is 0 Å². The van der Waals surface area contributed by atoms with E-state index in [4.69, 9.17) is 4.74 Å². The smallest absolute Gasteiger partial charge is 0.132 e. The van der Waals surface area contributed by atoms with E-state index in [-0.39, 0.29) is 0 Å². The maximum absolute atomic E-state index is 5.73. The van der Waals surface area contributed by atoms with Crippen LogP contribution >= 0.6 is 0 Å². The molecule has 17 heavy (non-hydrogen) atoms. The fourth-order valence-electron chi connectivity index (χ4n) is 1.70. The molecular weight excluding hydrogens is 212 g/mol. The first-order chi connectivity index (χ1) is 8.15. The lowest BCUT2D eigenvalue weighted by molar-refractivity contribution is 0.298. The number of rotatable bonds is 3. The fourth-order valence-corrected chi connectivity index (χ4v) is 1.70. The van der Waals surface area contributed by atoms with Crippen LogP contribution in [-0.4, -0.2) is 9.97 Å². The Bertz CT molecular complexity index is 523. The van der Waals surface area contributed by atoms with Gasteiger partial charge in [-0.15, -0.1) is 0 Å². The lowest BCUT2D eigenvalue weighted by atomic mass is 10.1. The fraction of sp³-hybridized carbons (Fsp3) is 0.286. The van der Waals surface area contributed by atoms with E-state index in [9.17, 15) is 0 Å². The Morgan fingerprint density at radius 2 is 1.94 bits per heavy atom. The first-order valence-corrected chi connectivity index (χ1v) is 5.63. The predicted molar refractivity (Wildman–Crippen MR) is 67.0 cm³/mol. The minimum atomic E-state index is 0.457. The summed E-state index contributed by atoms with van der Waals surface area (Å²) in [6, 6.07) is 6.15. The Morgan fingerprint density at radius 3 is 2.65 bits per heavy atom. The van der Waals surface area contributed by atoms with Crippen LogP contribution in [0, 0.1) is 20.8 Å². The summed E-state index contributed by atoms with van der Waals surface area (Å²) in [5.41, 5.74) is 4.15. The molecule has 1 aromatic heterocycles. The van der Waals surface area contributed by atoms with Crippen molar-refractivity contribution in [2.45, 2.75) is 27.4 Å². The maximum atomic E-state index is 5.73. The molecule has 0 radical (unpaired) electrons. The molecule has 0 bridgehead atoms. The van der Waals surface area contributed by atoms with Gasteiger partial charge in [0.1, 0.15) is 12.4 Å². The average molecular weight is 228 g/mol. The Morgan fingerprint density at radius 1 is 1.12 bits per heavy atom. The van der Waals surface area contributed by atoms with Gasteiger partial charge in [-0.25, -0.2) is 0 Å². The lowest BCUT2D eigenvalue weighted by Crippen LogP contribution is -2.01. The number of ether oxygens (including phenoxy) is 1. The van der Waals surface area contributed by atoms with E-state index in [1.54, 1.807) is 12.4 Å². The normalized spacial score (nSPS) is 10.3. The van der Waals surface area contributed by atoms with Gasteiger partial charge in [-0.3, -0.25) is 9.97 Å². The van der Waals surface area contributed by atoms with Crippen LogP contribution in [0.25, 0.3) is 0 Å². The van der Waals surface area contributed by atoms with Crippen LogP contribution in [-0.2, 0) is 6.61 Å². The van der Waals surface area contributed by atoms with Crippen molar-refractivity contribution in [2.75, 3.05) is 0 Å². The van der Waals surface area contributed by atoms with Crippen LogP contribution in [0.5, 0.6) is 5.75 Å². The molecule has 0 aliphatic rings. The van der Waals surface area contributed by atoms with Gasteiger partial charge in [-0.2, -0.15) is 0 Å². The first-order valence-electron chi connectivity index (χ1n) is 5.63.